The molecular weight excluding hydrogens is 343 g/mol. The molecule has 0 radical (unpaired) electrons. The molecule has 0 aromatic heterocycles. The van der Waals surface area contributed by atoms with Gasteiger partial charge in [0.1, 0.15) is 24.6 Å². The maximum absolute atomic E-state index is 13.3. The van der Waals surface area contributed by atoms with Crippen LogP contribution in [0.15, 0.2) is 16.6 Å². The maximum atomic E-state index is 13.3. The van der Waals surface area contributed by atoms with Crippen LogP contribution in [0.1, 0.15) is 0 Å². The number of nitrogens with zero attached hydrogens (tertiary/aromatic N) is 2. The van der Waals surface area contributed by atoms with E-state index in [0.717, 1.165) is 11.0 Å². The minimum atomic E-state index is -1.37. The normalized spacial score (nSPS) is 10.1. The first-order valence-corrected chi connectivity index (χ1v) is 5.83. The highest BCUT2D eigenvalue weighted by Gasteiger charge is 2.25. The van der Waals surface area contributed by atoms with Crippen LogP contribution in [-0.4, -0.2) is 40.2 Å². The topological polar surface area (TPSA) is 121 Å². The Hall–Kier alpha value is -2.23. The molecule has 0 aliphatic rings. The van der Waals surface area contributed by atoms with E-state index in [9.17, 15) is 24.1 Å². The van der Waals surface area contributed by atoms with Crippen molar-refractivity contribution >= 4 is 39.2 Å². The lowest BCUT2D eigenvalue weighted by atomic mass is 10.2. The monoisotopic (exact) mass is 350 g/mol. The highest BCUT2D eigenvalue weighted by molar-refractivity contribution is 9.10. The zero-order valence-corrected chi connectivity index (χ0v) is 11.3. The van der Waals surface area contributed by atoms with Crippen LogP contribution in [-0.2, 0) is 9.59 Å². The number of nitro benzene ring substituents is 1. The zero-order chi connectivity index (χ0) is 15.4. The van der Waals surface area contributed by atoms with Gasteiger partial charge in [-0.2, -0.15) is 0 Å². The molecule has 0 aliphatic heterocycles. The predicted molar refractivity (Wildman–Crippen MR) is 68.2 cm³/mol. The number of halogens is 2. The van der Waals surface area contributed by atoms with E-state index in [1.54, 1.807) is 0 Å². The van der Waals surface area contributed by atoms with Gasteiger partial charge < -0.3 is 15.1 Å². The molecule has 1 aromatic rings. The Balaban J connectivity index is 3.36. The highest BCUT2D eigenvalue weighted by atomic mass is 79.9. The fourth-order valence-electron chi connectivity index (χ4n) is 1.48. The number of carboxylic acids is 2. The number of carboxylic acid groups (broad SMARTS) is 2. The van der Waals surface area contributed by atoms with E-state index in [1.807, 2.05) is 0 Å². The van der Waals surface area contributed by atoms with Crippen LogP contribution < -0.4 is 4.90 Å². The molecule has 0 fully saturated rings. The van der Waals surface area contributed by atoms with E-state index in [4.69, 9.17) is 10.2 Å². The average molecular weight is 351 g/mol. The molecule has 2 N–H and O–H groups in total. The van der Waals surface area contributed by atoms with Gasteiger partial charge in [0.15, 0.2) is 0 Å². The lowest BCUT2D eigenvalue weighted by molar-refractivity contribution is -0.384. The van der Waals surface area contributed by atoms with Crippen LogP contribution in [0.5, 0.6) is 0 Å². The van der Waals surface area contributed by atoms with Crippen LogP contribution >= 0.6 is 15.9 Å². The molecule has 0 atom stereocenters. The Morgan fingerprint density at radius 1 is 1.30 bits per heavy atom. The lowest BCUT2D eigenvalue weighted by Crippen LogP contribution is -2.35. The molecule has 0 unspecified atom stereocenters. The molecule has 20 heavy (non-hydrogen) atoms. The van der Waals surface area contributed by atoms with E-state index in [1.165, 1.54) is 0 Å². The standard InChI is InChI=1S/C10H8BrFN2O6/c11-5-1-7(8(14(19)20)2-6(5)12)13(3-9(15)16)4-10(17)18/h1-2H,3-4H2,(H,15,16)(H,17,18). The van der Waals surface area contributed by atoms with Crippen molar-refractivity contribution in [2.24, 2.45) is 0 Å². The van der Waals surface area contributed by atoms with E-state index in [2.05, 4.69) is 15.9 Å². The summed E-state index contributed by atoms with van der Waals surface area (Å²) in [7, 11) is 0. The van der Waals surface area contributed by atoms with Crippen molar-refractivity contribution in [3.63, 3.8) is 0 Å². The highest BCUT2D eigenvalue weighted by Crippen LogP contribution is 2.33. The summed E-state index contributed by atoms with van der Waals surface area (Å²) in [5, 5.41) is 28.3. The SMILES string of the molecule is O=C(O)CN(CC(=O)O)c1cc(Br)c(F)cc1[N+](=O)[O-]. The first kappa shape index (κ1) is 15.8. The summed E-state index contributed by atoms with van der Waals surface area (Å²) in [6, 6.07) is 1.56. The van der Waals surface area contributed by atoms with Gasteiger partial charge in [-0.05, 0) is 22.0 Å². The molecule has 0 bridgehead atoms. The van der Waals surface area contributed by atoms with Gasteiger partial charge in [0.25, 0.3) is 5.69 Å². The minimum absolute atomic E-state index is 0.140. The minimum Gasteiger partial charge on any atom is -0.480 e. The summed E-state index contributed by atoms with van der Waals surface area (Å²) in [6.07, 6.45) is 0. The first-order valence-electron chi connectivity index (χ1n) is 5.04. The summed E-state index contributed by atoms with van der Waals surface area (Å²) in [5.41, 5.74) is -1.01. The van der Waals surface area contributed by atoms with Gasteiger partial charge in [-0.1, -0.05) is 0 Å². The van der Waals surface area contributed by atoms with Crippen LogP contribution in [0.25, 0.3) is 0 Å². The third kappa shape index (κ3) is 3.88. The smallest absolute Gasteiger partial charge is 0.323 e. The molecule has 0 saturated heterocycles. The molecule has 108 valence electrons. The number of anilines is 1. The van der Waals surface area contributed by atoms with Crippen molar-refractivity contribution in [1.82, 2.24) is 0 Å². The summed E-state index contributed by atoms with van der Waals surface area (Å²) < 4.78 is 13.2. The number of nitro groups is 1. The summed E-state index contributed by atoms with van der Waals surface area (Å²) in [5.74, 6) is -3.66. The van der Waals surface area contributed by atoms with Gasteiger partial charge in [-0.25, -0.2) is 4.39 Å². The van der Waals surface area contributed by atoms with Gasteiger partial charge in [-0.3, -0.25) is 19.7 Å². The molecule has 8 nitrogen and oxygen atoms in total. The molecule has 0 spiro atoms. The second kappa shape index (κ2) is 6.28. The average Bonchev–Trinajstić information content (AvgIpc) is 2.29. The quantitative estimate of drug-likeness (QED) is 0.588. The van der Waals surface area contributed by atoms with Gasteiger partial charge in [-0.15, -0.1) is 0 Å². The Morgan fingerprint density at radius 2 is 1.80 bits per heavy atom. The number of aliphatic carboxylic acids is 2. The van der Waals surface area contributed by atoms with Crippen molar-refractivity contribution in [2.75, 3.05) is 18.0 Å². The lowest BCUT2D eigenvalue weighted by Gasteiger charge is -2.20. The van der Waals surface area contributed by atoms with Crippen LogP contribution in [0.4, 0.5) is 15.8 Å². The summed E-state index contributed by atoms with van der Waals surface area (Å²) in [6.45, 7) is -1.55. The largest absolute Gasteiger partial charge is 0.480 e. The third-order valence-corrected chi connectivity index (χ3v) is 2.81. The summed E-state index contributed by atoms with van der Waals surface area (Å²) >= 11 is 2.81. The van der Waals surface area contributed by atoms with Gasteiger partial charge in [0, 0.05) is 0 Å². The predicted octanol–water partition coefficient (Wildman–Crippen LogP) is 1.47. The van der Waals surface area contributed by atoms with E-state index >= 15 is 0 Å². The van der Waals surface area contributed by atoms with Gasteiger partial charge in [0.05, 0.1) is 15.5 Å². The molecule has 0 aliphatic carbocycles. The van der Waals surface area contributed by atoms with Crippen molar-refractivity contribution in [3.8, 4) is 0 Å². The molecule has 0 amide bonds. The molecule has 10 heteroatoms. The Kier molecular flexibility index (Phi) is 4.97. The fourth-order valence-corrected chi connectivity index (χ4v) is 1.81. The molecular formula is C10H8BrFN2O6. The van der Waals surface area contributed by atoms with Crippen molar-refractivity contribution in [1.29, 1.82) is 0 Å². The Bertz CT molecular complexity index is 563. The van der Waals surface area contributed by atoms with Gasteiger partial charge in [0.2, 0.25) is 0 Å². The van der Waals surface area contributed by atoms with Crippen LogP contribution in [0, 0.1) is 15.9 Å². The fraction of sp³-hybridized carbons (Fsp3) is 0.200. The van der Waals surface area contributed by atoms with Crippen molar-refractivity contribution < 1.29 is 29.1 Å². The third-order valence-electron chi connectivity index (χ3n) is 2.21. The molecule has 0 saturated carbocycles. The summed E-state index contributed by atoms with van der Waals surface area (Å²) in [4.78, 5) is 32.1. The Labute approximate surface area is 119 Å². The second-order valence-electron chi connectivity index (χ2n) is 3.66. The maximum Gasteiger partial charge on any atom is 0.323 e. The number of carbonyl (C=O) groups is 2. The second-order valence-corrected chi connectivity index (χ2v) is 4.51. The molecule has 1 rings (SSSR count). The first-order chi connectivity index (χ1) is 9.22. The zero-order valence-electron chi connectivity index (χ0n) is 9.75. The van der Waals surface area contributed by atoms with Crippen LogP contribution in [0.3, 0.4) is 0 Å². The van der Waals surface area contributed by atoms with E-state index < -0.39 is 41.5 Å². The van der Waals surface area contributed by atoms with Crippen molar-refractivity contribution in [2.45, 2.75) is 0 Å². The number of hydrogen-bond donors (Lipinski definition) is 2. The van der Waals surface area contributed by atoms with E-state index in [0.29, 0.717) is 6.07 Å². The van der Waals surface area contributed by atoms with Gasteiger partial charge >= 0.3 is 11.9 Å². The molecule has 0 heterocycles. The molecule has 1 aromatic carbocycles. The number of hydrogen-bond acceptors (Lipinski definition) is 5. The van der Waals surface area contributed by atoms with Crippen molar-refractivity contribution in [3.05, 3.63) is 32.5 Å². The Morgan fingerprint density at radius 3 is 2.20 bits per heavy atom. The van der Waals surface area contributed by atoms with E-state index in [-0.39, 0.29) is 10.2 Å². The number of benzene rings is 1. The number of rotatable bonds is 6. The van der Waals surface area contributed by atoms with Crippen LogP contribution in [0.2, 0.25) is 0 Å².